The first-order chi connectivity index (χ1) is 13.0. The van der Waals surface area contributed by atoms with Crippen molar-refractivity contribution in [1.82, 2.24) is 0 Å². The predicted octanol–water partition coefficient (Wildman–Crippen LogP) is 4.93. The highest BCUT2D eigenvalue weighted by atomic mass is 35.5. The summed E-state index contributed by atoms with van der Waals surface area (Å²) in [7, 11) is 3.22. The number of hydrogen-bond acceptors (Lipinski definition) is 3. The first-order valence-electron chi connectivity index (χ1n) is 8.31. The van der Waals surface area contributed by atoms with Crippen LogP contribution in [0.1, 0.15) is 27.0 Å². The van der Waals surface area contributed by atoms with E-state index >= 15 is 0 Å². The normalized spacial score (nSPS) is 11.1. The number of ether oxygens (including phenoxy) is 2. The number of alkyl halides is 1. The Morgan fingerprint density at radius 2 is 1.07 bits per heavy atom. The van der Waals surface area contributed by atoms with Crippen LogP contribution in [0.25, 0.3) is 0 Å². The van der Waals surface area contributed by atoms with Crippen LogP contribution >= 0.6 is 11.6 Å². The summed E-state index contributed by atoms with van der Waals surface area (Å²) in [6, 6.07) is 21.6. The third kappa shape index (κ3) is 3.62. The van der Waals surface area contributed by atoms with Crippen LogP contribution in [0.4, 0.5) is 0 Å². The molecule has 0 aliphatic carbocycles. The monoisotopic (exact) mass is 382 g/mol. The second-order valence-electron chi connectivity index (χ2n) is 6.00. The van der Waals surface area contributed by atoms with Crippen LogP contribution in [0, 0.1) is 0 Å². The van der Waals surface area contributed by atoms with E-state index in [2.05, 4.69) is 0 Å². The van der Waals surface area contributed by atoms with Gasteiger partial charge in [-0.15, -0.1) is 11.6 Å². The summed E-state index contributed by atoms with van der Waals surface area (Å²) in [4.78, 5) is 10.2. The maximum Gasteiger partial charge on any atom is 0.335 e. The summed E-state index contributed by atoms with van der Waals surface area (Å²) in [6.45, 7) is 0. The first-order valence-corrected chi connectivity index (χ1v) is 8.68. The molecule has 0 fully saturated rings. The van der Waals surface area contributed by atoms with Gasteiger partial charge in [0.2, 0.25) is 0 Å². The molecule has 1 N–H and O–H groups in total. The van der Waals surface area contributed by atoms with Crippen LogP contribution < -0.4 is 9.47 Å². The van der Waals surface area contributed by atoms with E-state index in [1.54, 1.807) is 38.5 Å². The zero-order chi connectivity index (χ0) is 19.4. The highest BCUT2D eigenvalue weighted by molar-refractivity contribution is 6.28. The van der Waals surface area contributed by atoms with Gasteiger partial charge in [0.1, 0.15) is 16.4 Å². The van der Waals surface area contributed by atoms with Gasteiger partial charge in [0.05, 0.1) is 19.8 Å². The van der Waals surface area contributed by atoms with Gasteiger partial charge in [0, 0.05) is 0 Å². The van der Waals surface area contributed by atoms with Crippen molar-refractivity contribution >= 4 is 17.6 Å². The van der Waals surface area contributed by atoms with Gasteiger partial charge in [0.15, 0.2) is 0 Å². The van der Waals surface area contributed by atoms with Gasteiger partial charge in [-0.25, -0.2) is 4.79 Å². The topological polar surface area (TPSA) is 55.8 Å². The minimum atomic E-state index is -0.990. The Labute approximate surface area is 162 Å². The molecule has 0 aliphatic heterocycles. The fourth-order valence-electron chi connectivity index (χ4n) is 2.98. The highest BCUT2D eigenvalue weighted by Gasteiger charge is 2.34. The molecule has 0 saturated heterocycles. The van der Waals surface area contributed by atoms with Gasteiger partial charge >= 0.3 is 5.97 Å². The van der Waals surface area contributed by atoms with Crippen molar-refractivity contribution in [3.05, 3.63) is 95.1 Å². The molecule has 0 unspecified atom stereocenters. The lowest BCUT2D eigenvalue weighted by Gasteiger charge is -2.29. The Bertz CT molecular complexity index is 869. The molecule has 0 saturated carbocycles. The SMILES string of the molecule is COc1ccc(C(Cl)(c2ccc(OC)cc2)c2ccc(C(=O)O)cc2)cc1. The predicted molar refractivity (Wildman–Crippen MR) is 105 cm³/mol. The van der Waals surface area contributed by atoms with Crippen LogP contribution in [0.3, 0.4) is 0 Å². The Hall–Kier alpha value is -2.98. The summed E-state index contributed by atoms with van der Waals surface area (Å²) in [5.74, 6) is 0.484. The van der Waals surface area contributed by atoms with Crippen molar-refractivity contribution in [2.24, 2.45) is 0 Å². The van der Waals surface area contributed by atoms with Crippen molar-refractivity contribution in [1.29, 1.82) is 0 Å². The summed E-state index contributed by atoms with van der Waals surface area (Å²) < 4.78 is 10.5. The second-order valence-corrected chi connectivity index (χ2v) is 6.56. The van der Waals surface area contributed by atoms with Crippen molar-refractivity contribution < 1.29 is 19.4 Å². The van der Waals surface area contributed by atoms with Crippen LogP contribution in [-0.2, 0) is 4.87 Å². The number of carbonyl (C=O) groups is 1. The number of benzene rings is 3. The molecule has 138 valence electrons. The summed E-state index contributed by atoms with van der Waals surface area (Å²) >= 11 is 7.21. The van der Waals surface area contributed by atoms with Gasteiger partial charge in [-0.3, -0.25) is 0 Å². The second kappa shape index (κ2) is 7.72. The van der Waals surface area contributed by atoms with Gasteiger partial charge < -0.3 is 14.6 Å². The van der Waals surface area contributed by atoms with Crippen molar-refractivity contribution in [3.63, 3.8) is 0 Å². The number of methoxy groups -OCH3 is 2. The molecule has 3 aromatic carbocycles. The Kier molecular flexibility index (Phi) is 5.38. The van der Waals surface area contributed by atoms with Gasteiger partial charge in [-0.2, -0.15) is 0 Å². The highest BCUT2D eigenvalue weighted by Crippen LogP contribution is 2.44. The smallest absolute Gasteiger partial charge is 0.335 e. The molecule has 27 heavy (non-hydrogen) atoms. The lowest BCUT2D eigenvalue weighted by molar-refractivity contribution is 0.0697. The molecular formula is C22H19ClO4. The molecule has 0 spiro atoms. The van der Waals surface area contributed by atoms with E-state index < -0.39 is 10.8 Å². The summed E-state index contributed by atoms with van der Waals surface area (Å²) in [6.07, 6.45) is 0. The van der Waals surface area contributed by atoms with E-state index in [1.165, 1.54) is 0 Å². The minimum absolute atomic E-state index is 0.210. The first kappa shape index (κ1) is 18.8. The molecule has 0 heterocycles. The number of halogens is 1. The molecule has 5 heteroatoms. The number of rotatable bonds is 6. The molecular weight excluding hydrogens is 364 g/mol. The van der Waals surface area contributed by atoms with E-state index in [9.17, 15) is 4.79 Å². The molecule has 0 atom stereocenters. The van der Waals surface area contributed by atoms with Crippen molar-refractivity contribution in [3.8, 4) is 11.5 Å². The number of carboxylic acid groups (broad SMARTS) is 1. The van der Waals surface area contributed by atoms with Gasteiger partial charge in [0.25, 0.3) is 0 Å². The Balaban J connectivity index is 2.15. The molecule has 0 bridgehead atoms. The van der Waals surface area contributed by atoms with Gasteiger partial charge in [-0.1, -0.05) is 36.4 Å². The molecule has 0 aliphatic rings. The molecule has 0 amide bonds. The fraction of sp³-hybridized carbons (Fsp3) is 0.136. The summed E-state index contributed by atoms with van der Waals surface area (Å²) in [5.41, 5.74) is 2.67. The largest absolute Gasteiger partial charge is 0.497 e. The van der Waals surface area contributed by atoms with E-state index in [0.29, 0.717) is 0 Å². The van der Waals surface area contributed by atoms with Gasteiger partial charge in [-0.05, 0) is 53.1 Å². The average Bonchev–Trinajstić information content (AvgIpc) is 2.73. The molecule has 0 aromatic heterocycles. The summed E-state index contributed by atoms with van der Waals surface area (Å²) in [5, 5.41) is 9.17. The molecule has 4 nitrogen and oxygen atoms in total. The third-order valence-electron chi connectivity index (χ3n) is 4.51. The van der Waals surface area contributed by atoms with Crippen LogP contribution in [0.15, 0.2) is 72.8 Å². The molecule has 0 radical (unpaired) electrons. The van der Waals surface area contributed by atoms with Crippen molar-refractivity contribution in [2.75, 3.05) is 14.2 Å². The fourth-order valence-corrected chi connectivity index (χ4v) is 3.36. The number of aromatic carboxylic acids is 1. The number of carboxylic acids is 1. The zero-order valence-electron chi connectivity index (χ0n) is 15.0. The Morgan fingerprint density at radius 3 is 1.37 bits per heavy atom. The van der Waals surface area contributed by atoms with E-state index in [0.717, 1.165) is 28.2 Å². The third-order valence-corrected chi connectivity index (χ3v) is 5.16. The van der Waals surface area contributed by atoms with Crippen LogP contribution in [-0.4, -0.2) is 25.3 Å². The standard InChI is InChI=1S/C22H19ClO4/c1-26-19-11-7-17(8-12-19)22(23,18-9-13-20(27-2)14-10-18)16-5-3-15(4-6-16)21(24)25/h3-14H,1-2H3,(H,24,25). The number of hydrogen-bond donors (Lipinski definition) is 1. The van der Waals surface area contributed by atoms with E-state index in [1.807, 2.05) is 48.5 Å². The van der Waals surface area contributed by atoms with E-state index in [4.69, 9.17) is 26.2 Å². The Morgan fingerprint density at radius 1 is 0.741 bits per heavy atom. The zero-order valence-corrected chi connectivity index (χ0v) is 15.7. The maximum atomic E-state index is 11.2. The van der Waals surface area contributed by atoms with Crippen LogP contribution in [0.5, 0.6) is 11.5 Å². The van der Waals surface area contributed by atoms with E-state index in [-0.39, 0.29) is 5.56 Å². The van der Waals surface area contributed by atoms with Crippen molar-refractivity contribution in [2.45, 2.75) is 4.87 Å². The quantitative estimate of drug-likeness (QED) is 0.485. The lowest BCUT2D eigenvalue weighted by Crippen LogP contribution is -2.22. The average molecular weight is 383 g/mol. The minimum Gasteiger partial charge on any atom is -0.497 e. The molecule has 3 rings (SSSR count). The lowest BCUT2D eigenvalue weighted by atomic mass is 9.83. The van der Waals surface area contributed by atoms with Crippen LogP contribution in [0.2, 0.25) is 0 Å². The molecule has 3 aromatic rings. The maximum absolute atomic E-state index is 11.2.